The third kappa shape index (κ3) is 3.74. The van der Waals surface area contributed by atoms with E-state index >= 15 is 0 Å². The first-order chi connectivity index (χ1) is 10.8. The topological polar surface area (TPSA) is 35.5 Å². The predicted octanol–water partition coefficient (Wildman–Crippen LogP) is 2.41. The number of nitrogens with one attached hydrogen (secondary N) is 1. The first kappa shape index (κ1) is 15.2. The van der Waals surface area contributed by atoms with Crippen LogP contribution in [0.25, 0.3) is 0 Å². The summed E-state index contributed by atoms with van der Waals surface area (Å²) in [6.07, 6.45) is 0.989. The zero-order chi connectivity index (χ0) is 15.3. The summed E-state index contributed by atoms with van der Waals surface area (Å²) in [5.41, 5.74) is 2.42. The van der Waals surface area contributed by atoms with Crippen molar-refractivity contribution in [3.8, 4) is 0 Å². The Morgan fingerprint density at radius 1 is 0.955 bits per heavy atom. The Bertz CT molecular complexity index is 573. The van der Waals surface area contributed by atoms with E-state index in [2.05, 4.69) is 58.7 Å². The van der Waals surface area contributed by atoms with E-state index in [9.17, 15) is 5.11 Å². The molecule has 0 aromatic heterocycles. The van der Waals surface area contributed by atoms with Crippen molar-refractivity contribution in [2.24, 2.45) is 0 Å². The average Bonchev–Trinajstić information content (AvgIpc) is 2.99. The molecule has 1 aliphatic heterocycles. The van der Waals surface area contributed by atoms with Crippen LogP contribution >= 0.6 is 0 Å². The molecule has 1 fully saturated rings. The largest absolute Gasteiger partial charge is 0.394 e. The molecular weight excluding hydrogens is 272 g/mol. The van der Waals surface area contributed by atoms with E-state index in [1.807, 2.05) is 12.1 Å². The fourth-order valence-corrected chi connectivity index (χ4v) is 3.15. The first-order valence-corrected chi connectivity index (χ1v) is 7.96. The summed E-state index contributed by atoms with van der Waals surface area (Å²) in [6.45, 7) is 3.86. The average molecular weight is 296 g/mol. The second-order valence-electron chi connectivity index (χ2n) is 6.22. The number of nitrogens with zero attached hydrogens (tertiary/aromatic N) is 1. The maximum absolute atomic E-state index is 9.89. The predicted molar refractivity (Wildman–Crippen MR) is 89.4 cm³/mol. The number of hydrogen-bond donors (Lipinski definition) is 2. The fourth-order valence-electron chi connectivity index (χ4n) is 3.15. The zero-order valence-corrected chi connectivity index (χ0v) is 12.9. The lowest BCUT2D eigenvalue weighted by Crippen LogP contribution is -2.50. The van der Waals surface area contributed by atoms with E-state index in [1.54, 1.807) is 0 Å². The summed E-state index contributed by atoms with van der Waals surface area (Å²) in [4.78, 5) is 2.42. The van der Waals surface area contributed by atoms with Crippen LogP contribution in [-0.2, 0) is 13.1 Å². The summed E-state index contributed by atoms with van der Waals surface area (Å²) < 4.78 is 0. The molecule has 0 spiro atoms. The highest BCUT2D eigenvalue weighted by Gasteiger charge is 2.36. The SMILES string of the molecule is OCC1(NCc2ccccc2)CCN(Cc2ccccc2)C1. The lowest BCUT2D eigenvalue weighted by atomic mass is 9.99. The van der Waals surface area contributed by atoms with Crippen LogP contribution in [0.3, 0.4) is 0 Å². The minimum atomic E-state index is -0.176. The maximum atomic E-state index is 9.89. The third-order valence-electron chi connectivity index (χ3n) is 4.49. The minimum Gasteiger partial charge on any atom is -0.394 e. The number of hydrogen-bond acceptors (Lipinski definition) is 3. The lowest BCUT2D eigenvalue weighted by Gasteiger charge is -2.29. The molecule has 0 amide bonds. The van der Waals surface area contributed by atoms with Crippen LogP contribution in [-0.4, -0.2) is 35.2 Å². The molecule has 0 radical (unpaired) electrons. The van der Waals surface area contributed by atoms with Gasteiger partial charge in [0.05, 0.1) is 12.1 Å². The van der Waals surface area contributed by atoms with Crippen LogP contribution in [0, 0.1) is 0 Å². The summed E-state index contributed by atoms with van der Waals surface area (Å²) in [7, 11) is 0. The molecule has 0 aliphatic carbocycles. The molecule has 2 aromatic rings. The second kappa shape index (κ2) is 7.05. The van der Waals surface area contributed by atoms with Crippen LogP contribution in [0.5, 0.6) is 0 Å². The highest BCUT2D eigenvalue weighted by Crippen LogP contribution is 2.23. The number of rotatable bonds is 6. The number of likely N-dealkylation sites (tertiary alicyclic amines) is 1. The van der Waals surface area contributed by atoms with Crippen LogP contribution in [0.2, 0.25) is 0 Å². The molecule has 1 heterocycles. The zero-order valence-electron chi connectivity index (χ0n) is 12.9. The van der Waals surface area contributed by atoms with Gasteiger partial charge in [0.25, 0.3) is 0 Å². The molecule has 3 rings (SSSR count). The van der Waals surface area contributed by atoms with Crippen molar-refractivity contribution >= 4 is 0 Å². The molecule has 1 unspecified atom stereocenters. The summed E-state index contributed by atoms with van der Waals surface area (Å²) >= 11 is 0. The maximum Gasteiger partial charge on any atom is 0.0626 e. The van der Waals surface area contributed by atoms with Gasteiger partial charge in [0.2, 0.25) is 0 Å². The van der Waals surface area contributed by atoms with Gasteiger partial charge in [0, 0.05) is 26.2 Å². The van der Waals surface area contributed by atoms with Crippen LogP contribution in [0.4, 0.5) is 0 Å². The highest BCUT2D eigenvalue weighted by molar-refractivity contribution is 5.16. The van der Waals surface area contributed by atoms with Gasteiger partial charge >= 0.3 is 0 Å². The number of aliphatic hydroxyl groups excluding tert-OH is 1. The lowest BCUT2D eigenvalue weighted by molar-refractivity contribution is 0.157. The third-order valence-corrected chi connectivity index (χ3v) is 4.49. The molecule has 3 heteroatoms. The monoisotopic (exact) mass is 296 g/mol. The Labute approximate surface area is 132 Å². The molecule has 2 N–H and O–H groups in total. The molecule has 0 saturated carbocycles. The van der Waals surface area contributed by atoms with E-state index in [4.69, 9.17) is 0 Å². The molecule has 116 valence electrons. The number of aliphatic hydroxyl groups is 1. The molecule has 0 bridgehead atoms. The van der Waals surface area contributed by atoms with Gasteiger partial charge in [-0.1, -0.05) is 60.7 Å². The number of benzene rings is 2. The standard InChI is InChI=1S/C19H24N2O/c22-16-19(20-13-17-7-3-1-4-8-17)11-12-21(15-19)14-18-9-5-2-6-10-18/h1-10,20,22H,11-16H2. The first-order valence-electron chi connectivity index (χ1n) is 7.96. The van der Waals surface area contributed by atoms with Crippen molar-refractivity contribution in [2.75, 3.05) is 19.7 Å². The Morgan fingerprint density at radius 2 is 1.59 bits per heavy atom. The molecule has 1 atom stereocenters. The van der Waals surface area contributed by atoms with Crippen molar-refractivity contribution in [3.63, 3.8) is 0 Å². The van der Waals surface area contributed by atoms with Crippen molar-refractivity contribution < 1.29 is 5.11 Å². The van der Waals surface area contributed by atoms with Gasteiger partial charge in [-0.25, -0.2) is 0 Å². The second-order valence-corrected chi connectivity index (χ2v) is 6.22. The van der Waals surface area contributed by atoms with Gasteiger partial charge in [-0.2, -0.15) is 0 Å². The van der Waals surface area contributed by atoms with Crippen LogP contribution in [0.1, 0.15) is 17.5 Å². The molecule has 2 aromatic carbocycles. The Balaban J connectivity index is 1.58. The molecule has 3 nitrogen and oxygen atoms in total. The van der Waals surface area contributed by atoms with Crippen molar-refractivity contribution in [1.29, 1.82) is 0 Å². The van der Waals surface area contributed by atoms with Gasteiger partial charge in [0.15, 0.2) is 0 Å². The van der Waals surface area contributed by atoms with E-state index in [1.165, 1.54) is 11.1 Å². The molecule has 1 saturated heterocycles. The van der Waals surface area contributed by atoms with Crippen LogP contribution < -0.4 is 5.32 Å². The van der Waals surface area contributed by atoms with E-state index in [0.29, 0.717) is 0 Å². The summed E-state index contributed by atoms with van der Waals surface area (Å²) in [6, 6.07) is 20.9. The van der Waals surface area contributed by atoms with Gasteiger partial charge < -0.3 is 10.4 Å². The quantitative estimate of drug-likeness (QED) is 0.859. The van der Waals surface area contributed by atoms with Gasteiger partial charge in [0.1, 0.15) is 0 Å². The molecule has 1 aliphatic rings. The normalized spacial score (nSPS) is 22.0. The van der Waals surface area contributed by atoms with Crippen molar-refractivity contribution in [3.05, 3.63) is 71.8 Å². The summed E-state index contributed by atoms with van der Waals surface area (Å²) in [5, 5.41) is 13.5. The summed E-state index contributed by atoms with van der Waals surface area (Å²) in [5.74, 6) is 0. The van der Waals surface area contributed by atoms with Crippen molar-refractivity contribution in [2.45, 2.75) is 25.0 Å². The smallest absolute Gasteiger partial charge is 0.0626 e. The van der Waals surface area contributed by atoms with Gasteiger partial charge in [-0.05, 0) is 17.5 Å². The van der Waals surface area contributed by atoms with Crippen LogP contribution in [0.15, 0.2) is 60.7 Å². The van der Waals surface area contributed by atoms with E-state index in [0.717, 1.165) is 32.6 Å². The van der Waals surface area contributed by atoms with E-state index in [-0.39, 0.29) is 12.1 Å². The molecular formula is C19H24N2O. The Morgan fingerprint density at radius 3 is 2.23 bits per heavy atom. The Kier molecular flexibility index (Phi) is 4.88. The van der Waals surface area contributed by atoms with E-state index < -0.39 is 0 Å². The van der Waals surface area contributed by atoms with Gasteiger partial charge in [-0.15, -0.1) is 0 Å². The highest BCUT2D eigenvalue weighted by atomic mass is 16.3. The fraction of sp³-hybridized carbons (Fsp3) is 0.368. The molecule has 22 heavy (non-hydrogen) atoms. The minimum absolute atomic E-state index is 0.176. The Hall–Kier alpha value is -1.68. The van der Waals surface area contributed by atoms with Crippen molar-refractivity contribution in [1.82, 2.24) is 10.2 Å². The van der Waals surface area contributed by atoms with Gasteiger partial charge in [-0.3, -0.25) is 4.90 Å².